The highest BCUT2D eigenvalue weighted by atomic mass is 16.1. The number of carbonyl (C=O) groups is 1. The van der Waals surface area contributed by atoms with Gasteiger partial charge >= 0.3 is 0 Å². The zero-order chi connectivity index (χ0) is 10.1. The van der Waals surface area contributed by atoms with Crippen LogP contribution in [-0.4, -0.2) is 15.8 Å². The SMILES string of the molecule is Cc1nc2cc(CC=O)ccc2n1C. The fourth-order valence-corrected chi connectivity index (χ4v) is 1.59. The molecule has 0 atom stereocenters. The van der Waals surface area contributed by atoms with Gasteiger partial charge in [0.05, 0.1) is 11.0 Å². The molecule has 0 bridgehead atoms. The Morgan fingerprint density at radius 3 is 3.00 bits per heavy atom. The molecule has 3 heteroatoms. The van der Waals surface area contributed by atoms with Crippen LogP contribution in [0, 0.1) is 6.92 Å². The molecule has 3 nitrogen and oxygen atoms in total. The van der Waals surface area contributed by atoms with E-state index in [-0.39, 0.29) is 0 Å². The van der Waals surface area contributed by atoms with Crippen molar-refractivity contribution in [3.63, 3.8) is 0 Å². The predicted octanol–water partition coefficient (Wildman–Crippen LogP) is 1.62. The second-order valence-corrected chi connectivity index (χ2v) is 3.41. The normalized spacial score (nSPS) is 10.7. The van der Waals surface area contributed by atoms with Crippen molar-refractivity contribution in [2.45, 2.75) is 13.3 Å². The molecule has 0 fully saturated rings. The van der Waals surface area contributed by atoms with Gasteiger partial charge in [0.15, 0.2) is 0 Å². The van der Waals surface area contributed by atoms with Crippen molar-refractivity contribution >= 4 is 17.3 Å². The molecule has 0 saturated carbocycles. The van der Waals surface area contributed by atoms with E-state index in [0.29, 0.717) is 6.42 Å². The third-order valence-corrected chi connectivity index (χ3v) is 2.49. The second-order valence-electron chi connectivity index (χ2n) is 3.41. The van der Waals surface area contributed by atoms with Crippen molar-refractivity contribution < 1.29 is 4.79 Å². The van der Waals surface area contributed by atoms with Gasteiger partial charge in [0.25, 0.3) is 0 Å². The summed E-state index contributed by atoms with van der Waals surface area (Å²) in [5.74, 6) is 0.989. The summed E-state index contributed by atoms with van der Waals surface area (Å²) in [6.45, 7) is 1.97. The maximum Gasteiger partial charge on any atom is 0.124 e. The number of aldehydes is 1. The Hall–Kier alpha value is -1.64. The smallest absolute Gasteiger partial charge is 0.124 e. The molecule has 0 amide bonds. The van der Waals surface area contributed by atoms with Crippen molar-refractivity contribution in [3.05, 3.63) is 29.6 Å². The van der Waals surface area contributed by atoms with Crippen molar-refractivity contribution in [1.82, 2.24) is 9.55 Å². The average Bonchev–Trinajstić information content (AvgIpc) is 2.43. The number of nitrogens with zero attached hydrogens (tertiary/aromatic N) is 2. The second kappa shape index (κ2) is 3.25. The Morgan fingerprint density at radius 1 is 1.50 bits per heavy atom. The summed E-state index contributed by atoms with van der Waals surface area (Å²) in [5, 5.41) is 0. The number of hydrogen-bond acceptors (Lipinski definition) is 2. The van der Waals surface area contributed by atoms with Crippen LogP contribution in [0.4, 0.5) is 0 Å². The lowest BCUT2D eigenvalue weighted by atomic mass is 10.1. The molecule has 0 N–H and O–H groups in total. The third kappa shape index (κ3) is 1.31. The Kier molecular flexibility index (Phi) is 2.08. The zero-order valence-corrected chi connectivity index (χ0v) is 8.32. The molecule has 0 radical (unpaired) electrons. The van der Waals surface area contributed by atoms with Gasteiger partial charge < -0.3 is 9.36 Å². The van der Waals surface area contributed by atoms with Crippen LogP contribution in [0.3, 0.4) is 0 Å². The quantitative estimate of drug-likeness (QED) is 0.671. The van der Waals surface area contributed by atoms with Crippen LogP contribution in [0.5, 0.6) is 0 Å². The van der Waals surface area contributed by atoms with Gasteiger partial charge in [0.2, 0.25) is 0 Å². The van der Waals surface area contributed by atoms with Crippen molar-refractivity contribution in [2.75, 3.05) is 0 Å². The predicted molar refractivity (Wildman–Crippen MR) is 55.2 cm³/mol. The highest BCUT2D eigenvalue weighted by Gasteiger charge is 2.03. The standard InChI is InChI=1S/C11H12N2O/c1-8-12-10-7-9(5-6-14)3-4-11(10)13(8)2/h3-4,6-7H,5H2,1-2H3. The van der Waals surface area contributed by atoms with Crippen molar-refractivity contribution in [1.29, 1.82) is 0 Å². The van der Waals surface area contributed by atoms with Gasteiger partial charge in [0.1, 0.15) is 12.1 Å². The van der Waals surface area contributed by atoms with Gasteiger partial charge in [-0.25, -0.2) is 4.98 Å². The van der Waals surface area contributed by atoms with Crippen LogP contribution in [-0.2, 0) is 18.3 Å². The first kappa shape index (κ1) is 8.94. The topological polar surface area (TPSA) is 34.9 Å². The van der Waals surface area contributed by atoms with Crippen LogP contribution < -0.4 is 0 Å². The van der Waals surface area contributed by atoms with Crippen molar-refractivity contribution in [2.24, 2.45) is 7.05 Å². The number of aryl methyl sites for hydroxylation is 2. The molecule has 72 valence electrons. The minimum Gasteiger partial charge on any atom is -0.331 e. The van der Waals surface area contributed by atoms with Gasteiger partial charge in [-0.15, -0.1) is 0 Å². The van der Waals surface area contributed by atoms with Gasteiger partial charge in [-0.05, 0) is 24.6 Å². The van der Waals surface area contributed by atoms with Gasteiger partial charge in [-0.2, -0.15) is 0 Å². The monoisotopic (exact) mass is 188 g/mol. The molecule has 2 aromatic rings. The molecule has 1 aromatic heterocycles. The zero-order valence-electron chi connectivity index (χ0n) is 8.32. The van der Waals surface area contributed by atoms with Crippen LogP contribution in [0.1, 0.15) is 11.4 Å². The van der Waals surface area contributed by atoms with E-state index in [0.717, 1.165) is 28.7 Å². The lowest BCUT2D eigenvalue weighted by Gasteiger charge is -1.97. The summed E-state index contributed by atoms with van der Waals surface area (Å²) >= 11 is 0. The fraction of sp³-hybridized carbons (Fsp3) is 0.273. The van der Waals surface area contributed by atoms with E-state index in [1.54, 1.807) is 0 Å². The highest BCUT2D eigenvalue weighted by Crippen LogP contribution is 2.16. The van der Waals surface area contributed by atoms with E-state index >= 15 is 0 Å². The minimum atomic E-state index is 0.464. The first-order valence-corrected chi connectivity index (χ1v) is 4.58. The molecular formula is C11H12N2O. The molecule has 1 aromatic carbocycles. The van der Waals surface area contributed by atoms with Crippen LogP contribution in [0.15, 0.2) is 18.2 Å². The Labute approximate surface area is 82.4 Å². The number of aromatic nitrogens is 2. The summed E-state index contributed by atoms with van der Waals surface area (Å²) in [7, 11) is 1.99. The van der Waals surface area contributed by atoms with Crippen LogP contribution in [0.2, 0.25) is 0 Å². The van der Waals surface area contributed by atoms with E-state index < -0.39 is 0 Å². The summed E-state index contributed by atoms with van der Waals surface area (Å²) in [4.78, 5) is 14.8. The molecule has 0 aliphatic rings. The average molecular weight is 188 g/mol. The Morgan fingerprint density at radius 2 is 2.29 bits per heavy atom. The van der Waals surface area contributed by atoms with Gasteiger partial charge in [0, 0.05) is 13.5 Å². The number of hydrogen-bond donors (Lipinski definition) is 0. The number of fused-ring (bicyclic) bond motifs is 1. The molecule has 0 unspecified atom stereocenters. The Balaban J connectivity index is 2.61. The van der Waals surface area contributed by atoms with Crippen molar-refractivity contribution in [3.8, 4) is 0 Å². The Bertz CT molecular complexity index is 485. The maximum atomic E-state index is 10.4. The first-order chi connectivity index (χ1) is 6.72. The van der Waals surface area contributed by atoms with E-state index in [2.05, 4.69) is 4.98 Å². The van der Waals surface area contributed by atoms with E-state index in [4.69, 9.17) is 0 Å². The number of benzene rings is 1. The summed E-state index contributed by atoms with van der Waals surface area (Å²) in [5.41, 5.74) is 3.09. The maximum absolute atomic E-state index is 10.4. The third-order valence-electron chi connectivity index (χ3n) is 2.49. The fourth-order valence-electron chi connectivity index (χ4n) is 1.59. The number of rotatable bonds is 2. The summed E-state index contributed by atoms with van der Waals surface area (Å²) in [6.07, 6.45) is 1.38. The van der Waals surface area contributed by atoms with E-state index in [9.17, 15) is 4.79 Å². The first-order valence-electron chi connectivity index (χ1n) is 4.58. The molecule has 2 rings (SSSR count). The van der Waals surface area contributed by atoms with E-state index in [1.165, 1.54) is 0 Å². The lowest BCUT2D eigenvalue weighted by molar-refractivity contribution is -0.107. The molecule has 14 heavy (non-hydrogen) atoms. The summed E-state index contributed by atoms with van der Waals surface area (Å²) < 4.78 is 2.04. The summed E-state index contributed by atoms with van der Waals surface area (Å²) in [6, 6.07) is 5.95. The minimum absolute atomic E-state index is 0.464. The molecule has 0 spiro atoms. The molecule has 1 heterocycles. The molecule has 0 aliphatic heterocycles. The molecule has 0 aliphatic carbocycles. The van der Waals surface area contributed by atoms with Gasteiger partial charge in [-0.1, -0.05) is 6.07 Å². The number of imidazole rings is 1. The highest BCUT2D eigenvalue weighted by molar-refractivity contribution is 5.77. The molecular weight excluding hydrogens is 176 g/mol. The number of carbonyl (C=O) groups excluding carboxylic acids is 1. The lowest BCUT2D eigenvalue weighted by Crippen LogP contribution is -1.90. The van der Waals surface area contributed by atoms with Crippen LogP contribution >= 0.6 is 0 Å². The van der Waals surface area contributed by atoms with Crippen LogP contribution in [0.25, 0.3) is 11.0 Å². The van der Waals surface area contributed by atoms with Gasteiger partial charge in [-0.3, -0.25) is 0 Å². The largest absolute Gasteiger partial charge is 0.331 e. The van der Waals surface area contributed by atoms with E-state index in [1.807, 2.05) is 36.7 Å². The molecule has 0 saturated heterocycles.